The van der Waals surface area contributed by atoms with Crippen molar-refractivity contribution in [3.05, 3.63) is 176 Å². The highest BCUT2D eigenvalue weighted by atomic mass is 16.3. The highest BCUT2D eigenvalue weighted by Gasteiger charge is 2.21. The molecule has 0 saturated carbocycles. The van der Waals surface area contributed by atoms with Gasteiger partial charge in [-0.1, -0.05) is 109 Å². The summed E-state index contributed by atoms with van der Waals surface area (Å²) in [6, 6.07) is 61.8. The van der Waals surface area contributed by atoms with Gasteiger partial charge in [-0.3, -0.25) is 0 Å². The molecule has 4 heterocycles. The zero-order chi connectivity index (χ0) is 37.2. The van der Waals surface area contributed by atoms with E-state index >= 15 is 0 Å². The zero-order valence-corrected chi connectivity index (χ0v) is 30.4. The summed E-state index contributed by atoms with van der Waals surface area (Å²) in [5, 5.41) is 11.7. The van der Waals surface area contributed by atoms with Crippen LogP contribution in [-0.2, 0) is 0 Å². The number of hydrogen-bond donors (Lipinski definition) is 0. The largest absolute Gasteiger partial charge is 0.456 e. The lowest BCUT2D eigenvalue weighted by atomic mass is 9.94. The first-order valence-corrected chi connectivity index (χ1v) is 19.2. The van der Waals surface area contributed by atoms with Crippen LogP contribution in [0.2, 0.25) is 0 Å². The van der Waals surface area contributed by atoms with Crippen molar-refractivity contribution in [2.24, 2.45) is 0 Å². The van der Waals surface area contributed by atoms with E-state index in [0.29, 0.717) is 5.82 Å². The molecule has 0 aliphatic heterocycles. The van der Waals surface area contributed by atoms with Gasteiger partial charge >= 0.3 is 0 Å². The molecular formula is C52H29N3O2. The Morgan fingerprint density at radius 3 is 1.84 bits per heavy atom. The first kappa shape index (κ1) is 30.6. The third-order valence-corrected chi connectivity index (χ3v) is 11.7. The molecule has 0 aliphatic rings. The lowest BCUT2D eigenvalue weighted by molar-refractivity contribution is 0.668. The lowest BCUT2D eigenvalue weighted by Crippen LogP contribution is -1.97. The fourth-order valence-electron chi connectivity index (χ4n) is 9.21. The van der Waals surface area contributed by atoms with Crippen LogP contribution in [0.1, 0.15) is 0 Å². The molecule has 264 valence electrons. The molecule has 0 fully saturated rings. The number of hydrogen-bond acceptors (Lipinski definition) is 4. The van der Waals surface area contributed by atoms with E-state index in [0.717, 1.165) is 88.7 Å². The van der Waals surface area contributed by atoms with Crippen LogP contribution in [0.3, 0.4) is 0 Å². The molecule has 0 bridgehead atoms. The molecule has 0 aliphatic carbocycles. The van der Waals surface area contributed by atoms with E-state index in [1.54, 1.807) is 0 Å². The summed E-state index contributed by atoms with van der Waals surface area (Å²) in [5.74, 6) is 0.662. The molecule has 9 aromatic carbocycles. The predicted molar refractivity (Wildman–Crippen MR) is 233 cm³/mol. The van der Waals surface area contributed by atoms with Crippen LogP contribution >= 0.6 is 0 Å². The molecule has 0 radical (unpaired) electrons. The summed E-state index contributed by atoms with van der Waals surface area (Å²) in [5.41, 5.74) is 11.4. The molecule has 0 spiro atoms. The van der Waals surface area contributed by atoms with E-state index in [2.05, 4.69) is 144 Å². The normalized spacial score (nSPS) is 12.2. The highest BCUT2D eigenvalue weighted by Crippen LogP contribution is 2.45. The molecule has 0 atom stereocenters. The van der Waals surface area contributed by atoms with Gasteiger partial charge in [0.2, 0.25) is 0 Å². The minimum atomic E-state index is 0.662. The molecular weight excluding hydrogens is 699 g/mol. The zero-order valence-electron chi connectivity index (χ0n) is 30.4. The quantitative estimate of drug-likeness (QED) is 0.169. The fraction of sp³-hybridized carbons (Fsp3) is 0. The second-order valence-corrected chi connectivity index (χ2v) is 14.9. The summed E-state index contributed by atoms with van der Waals surface area (Å²) < 4.78 is 15.3. The van der Waals surface area contributed by atoms with Crippen LogP contribution < -0.4 is 0 Å². The van der Waals surface area contributed by atoms with Crippen LogP contribution in [0, 0.1) is 0 Å². The van der Waals surface area contributed by atoms with Gasteiger partial charge in [0.25, 0.3) is 0 Å². The van der Waals surface area contributed by atoms with Gasteiger partial charge in [0.15, 0.2) is 5.82 Å². The maximum absolute atomic E-state index is 6.62. The molecule has 0 unspecified atom stereocenters. The second-order valence-electron chi connectivity index (χ2n) is 14.9. The Balaban J connectivity index is 1.02. The molecule has 0 amide bonds. The molecule has 4 aromatic heterocycles. The van der Waals surface area contributed by atoms with Gasteiger partial charge in [0.1, 0.15) is 22.3 Å². The maximum Gasteiger partial charge on any atom is 0.160 e. The van der Waals surface area contributed by atoms with Crippen molar-refractivity contribution in [1.82, 2.24) is 14.5 Å². The molecule has 57 heavy (non-hydrogen) atoms. The molecule has 13 aromatic rings. The van der Waals surface area contributed by atoms with E-state index in [-0.39, 0.29) is 0 Å². The fourth-order valence-corrected chi connectivity index (χ4v) is 9.21. The lowest BCUT2D eigenvalue weighted by Gasteiger charge is -2.12. The first-order chi connectivity index (χ1) is 28.2. The van der Waals surface area contributed by atoms with Crippen molar-refractivity contribution >= 4 is 87.2 Å². The molecule has 0 saturated heterocycles. The summed E-state index contributed by atoms with van der Waals surface area (Å²) >= 11 is 0. The monoisotopic (exact) mass is 727 g/mol. The summed E-state index contributed by atoms with van der Waals surface area (Å²) in [7, 11) is 0. The molecule has 0 N–H and O–H groups in total. The van der Waals surface area contributed by atoms with E-state index < -0.39 is 0 Å². The maximum atomic E-state index is 6.62. The average molecular weight is 728 g/mol. The Labute approximate surface area is 325 Å². The van der Waals surface area contributed by atoms with E-state index in [9.17, 15) is 0 Å². The third-order valence-electron chi connectivity index (χ3n) is 11.7. The van der Waals surface area contributed by atoms with Crippen molar-refractivity contribution in [2.75, 3.05) is 0 Å². The van der Waals surface area contributed by atoms with E-state index in [1.165, 1.54) is 32.3 Å². The predicted octanol–water partition coefficient (Wildman–Crippen LogP) is 14.1. The molecule has 5 nitrogen and oxygen atoms in total. The van der Waals surface area contributed by atoms with Gasteiger partial charge in [0, 0.05) is 55.1 Å². The van der Waals surface area contributed by atoms with Crippen LogP contribution in [0.5, 0.6) is 0 Å². The number of rotatable bonds is 4. The second kappa shape index (κ2) is 11.4. The standard InChI is InChI=1S/C52H29N3O2/c1-2-11-30(12-3-1)42-29-43(31-21-23-38-37-16-7-9-19-46(37)56-48(38)26-31)54-52(53-42)32-22-24-45-40(25-32)36-15-6-8-18-44(36)55(45)33-27-41-35-14-5-4-13-34(35)39-17-10-20-47-50(39)51(41)49(28-33)57-47/h1-29H. The molecule has 13 rings (SSSR count). The minimum absolute atomic E-state index is 0.662. The number of furan rings is 2. The van der Waals surface area contributed by atoms with Crippen LogP contribution in [0.15, 0.2) is 185 Å². The SMILES string of the molecule is c1ccc(-c2cc(-c3ccc4c(c3)oc3ccccc34)nc(-c3ccc4c(c3)c3ccccc3n4-c3cc4oc5cccc6c7ccccc7c(c3)c4c56)n2)cc1. The number of fused-ring (bicyclic) bond motifs is 9. The highest BCUT2D eigenvalue weighted by molar-refractivity contribution is 6.33. The van der Waals surface area contributed by atoms with Gasteiger partial charge in [0.05, 0.1) is 28.1 Å². The Kier molecular flexibility index (Phi) is 6.10. The van der Waals surface area contributed by atoms with Crippen molar-refractivity contribution in [3.63, 3.8) is 0 Å². The Morgan fingerprint density at radius 1 is 0.333 bits per heavy atom. The van der Waals surface area contributed by atoms with E-state index in [1.807, 2.05) is 36.4 Å². The van der Waals surface area contributed by atoms with Crippen molar-refractivity contribution < 1.29 is 8.83 Å². The van der Waals surface area contributed by atoms with Gasteiger partial charge in [-0.15, -0.1) is 0 Å². The third kappa shape index (κ3) is 4.39. The minimum Gasteiger partial charge on any atom is -0.456 e. The van der Waals surface area contributed by atoms with Crippen LogP contribution in [-0.4, -0.2) is 14.5 Å². The van der Waals surface area contributed by atoms with Gasteiger partial charge < -0.3 is 13.4 Å². The first-order valence-electron chi connectivity index (χ1n) is 19.2. The number of benzene rings is 9. The Morgan fingerprint density at radius 2 is 0.965 bits per heavy atom. The Bertz CT molecular complexity index is 3760. The van der Waals surface area contributed by atoms with Crippen LogP contribution in [0.4, 0.5) is 0 Å². The summed E-state index contributed by atoms with van der Waals surface area (Å²) in [6.45, 7) is 0. The van der Waals surface area contributed by atoms with Gasteiger partial charge in [-0.05, 0) is 82.2 Å². The summed E-state index contributed by atoms with van der Waals surface area (Å²) in [4.78, 5) is 10.4. The van der Waals surface area contributed by atoms with Crippen LogP contribution in [0.25, 0.3) is 127 Å². The summed E-state index contributed by atoms with van der Waals surface area (Å²) in [6.07, 6.45) is 0. The molecule has 5 heteroatoms. The van der Waals surface area contributed by atoms with Crippen molar-refractivity contribution in [1.29, 1.82) is 0 Å². The smallest absolute Gasteiger partial charge is 0.160 e. The van der Waals surface area contributed by atoms with Gasteiger partial charge in [-0.2, -0.15) is 0 Å². The van der Waals surface area contributed by atoms with Crippen molar-refractivity contribution in [3.8, 4) is 39.6 Å². The van der Waals surface area contributed by atoms with Crippen molar-refractivity contribution in [2.45, 2.75) is 0 Å². The number of para-hydroxylation sites is 2. The average Bonchev–Trinajstić information content (AvgIpc) is 3.95. The number of aromatic nitrogens is 3. The van der Waals surface area contributed by atoms with E-state index in [4.69, 9.17) is 18.8 Å². The topological polar surface area (TPSA) is 57.0 Å². The number of nitrogens with zero attached hydrogens (tertiary/aromatic N) is 3. The van der Waals surface area contributed by atoms with Gasteiger partial charge in [-0.25, -0.2) is 9.97 Å². The Hall–Kier alpha value is -7.76.